The van der Waals surface area contributed by atoms with Crippen LogP contribution in [0.25, 0.3) is 0 Å². The fraction of sp³-hybridized carbons (Fsp3) is 0.652. The van der Waals surface area contributed by atoms with Gasteiger partial charge in [-0.3, -0.25) is 9.59 Å². The van der Waals surface area contributed by atoms with Crippen LogP contribution in [0.5, 0.6) is 0 Å². The molecule has 3 rings (SSSR count). The highest BCUT2D eigenvalue weighted by Gasteiger charge is 2.34. The van der Waals surface area contributed by atoms with Crippen LogP contribution in [0.15, 0.2) is 18.2 Å². The van der Waals surface area contributed by atoms with Crippen molar-refractivity contribution in [1.82, 2.24) is 15.1 Å². The van der Waals surface area contributed by atoms with Crippen LogP contribution in [0.1, 0.15) is 49.9 Å². The van der Waals surface area contributed by atoms with Gasteiger partial charge in [0, 0.05) is 18.7 Å². The summed E-state index contributed by atoms with van der Waals surface area (Å²) in [6.45, 7) is 7.85. The summed E-state index contributed by atoms with van der Waals surface area (Å²) in [7, 11) is 2.19. The van der Waals surface area contributed by atoms with E-state index in [4.69, 9.17) is 17.3 Å². The number of anilines is 1. The average molecular weight is 435 g/mol. The van der Waals surface area contributed by atoms with Crippen molar-refractivity contribution in [2.24, 2.45) is 17.8 Å². The van der Waals surface area contributed by atoms with Crippen LogP contribution in [-0.2, 0) is 4.79 Å². The molecule has 0 aromatic heterocycles. The van der Waals surface area contributed by atoms with E-state index in [-0.39, 0.29) is 17.7 Å². The topological polar surface area (TPSA) is 78.7 Å². The summed E-state index contributed by atoms with van der Waals surface area (Å²) in [5.74, 6) is 1.22. The Bertz CT molecular complexity index is 754. The second kappa shape index (κ2) is 10.0. The average Bonchev–Trinajstić information content (AvgIpc) is 2.74. The SMILES string of the molecule is CC(C)[C@@H](NC(=O)c1ccc(Cl)c(N)c1)C(=O)N1CCC(C2CCN(C)CC2)CC1. The maximum Gasteiger partial charge on any atom is 0.252 e. The van der Waals surface area contributed by atoms with Crippen LogP contribution in [0.2, 0.25) is 5.02 Å². The van der Waals surface area contributed by atoms with Crippen LogP contribution in [0.4, 0.5) is 5.69 Å². The van der Waals surface area contributed by atoms with Crippen molar-refractivity contribution in [3.05, 3.63) is 28.8 Å². The third-order valence-electron chi connectivity index (χ3n) is 6.76. The predicted octanol–water partition coefficient (Wildman–Crippen LogP) is 3.26. The quantitative estimate of drug-likeness (QED) is 0.697. The Labute approximate surface area is 185 Å². The molecule has 30 heavy (non-hydrogen) atoms. The van der Waals surface area contributed by atoms with Gasteiger partial charge in [0.05, 0.1) is 10.7 Å². The zero-order valence-corrected chi connectivity index (χ0v) is 19.1. The fourth-order valence-corrected chi connectivity index (χ4v) is 4.83. The minimum atomic E-state index is -0.547. The van der Waals surface area contributed by atoms with Gasteiger partial charge in [-0.05, 0) is 81.8 Å². The standard InChI is InChI=1S/C23H35ClN4O2/c1-15(2)21(26-22(29)18-4-5-19(24)20(25)14-18)23(30)28-12-8-17(9-13-28)16-6-10-27(3)11-7-16/h4-5,14-17,21H,6-13,25H2,1-3H3,(H,26,29)/t21-/m1/s1. The third-order valence-corrected chi connectivity index (χ3v) is 7.10. The molecule has 166 valence electrons. The molecule has 2 aliphatic heterocycles. The molecule has 0 radical (unpaired) electrons. The summed E-state index contributed by atoms with van der Waals surface area (Å²) in [6, 6.07) is 4.23. The number of likely N-dealkylation sites (tertiary alicyclic amines) is 2. The summed E-state index contributed by atoms with van der Waals surface area (Å²) in [5.41, 5.74) is 6.59. The number of nitrogens with zero attached hydrogens (tertiary/aromatic N) is 2. The molecule has 3 N–H and O–H groups in total. The molecule has 6 nitrogen and oxygen atoms in total. The Balaban J connectivity index is 1.57. The molecule has 2 aliphatic rings. The molecule has 2 heterocycles. The summed E-state index contributed by atoms with van der Waals surface area (Å²) >= 11 is 5.95. The molecule has 0 saturated carbocycles. The van der Waals surface area contributed by atoms with E-state index in [1.54, 1.807) is 18.2 Å². The molecule has 1 atom stereocenters. The lowest BCUT2D eigenvalue weighted by atomic mass is 9.78. The first-order valence-electron chi connectivity index (χ1n) is 11.1. The first kappa shape index (κ1) is 22.9. The van der Waals surface area contributed by atoms with E-state index in [9.17, 15) is 9.59 Å². The number of rotatable bonds is 5. The van der Waals surface area contributed by atoms with Crippen molar-refractivity contribution in [2.75, 3.05) is 39.0 Å². The number of nitrogens with two attached hydrogens (primary N) is 1. The summed E-state index contributed by atoms with van der Waals surface area (Å²) in [4.78, 5) is 30.3. The maximum atomic E-state index is 13.2. The zero-order chi connectivity index (χ0) is 21.8. The van der Waals surface area contributed by atoms with Gasteiger partial charge in [-0.15, -0.1) is 0 Å². The van der Waals surface area contributed by atoms with Gasteiger partial charge in [-0.2, -0.15) is 0 Å². The van der Waals surface area contributed by atoms with E-state index in [2.05, 4.69) is 17.3 Å². The Morgan fingerprint density at radius 3 is 2.17 bits per heavy atom. The monoisotopic (exact) mass is 434 g/mol. The van der Waals surface area contributed by atoms with Crippen molar-refractivity contribution >= 4 is 29.1 Å². The molecule has 2 fully saturated rings. The van der Waals surface area contributed by atoms with E-state index < -0.39 is 6.04 Å². The first-order valence-corrected chi connectivity index (χ1v) is 11.5. The van der Waals surface area contributed by atoms with Crippen molar-refractivity contribution in [1.29, 1.82) is 0 Å². The summed E-state index contributed by atoms with van der Waals surface area (Å²) in [5, 5.41) is 3.33. The van der Waals surface area contributed by atoms with Gasteiger partial charge in [0.25, 0.3) is 5.91 Å². The first-order chi connectivity index (χ1) is 14.3. The molecule has 0 spiro atoms. The van der Waals surface area contributed by atoms with Gasteiger partial charge in [0.15, 0.2) is 0 Å². The molecule has 1 aromatic carbocycles. The molecular formula is C23H35ClN4O2. The van der Waals surface area contributed by atoms with E-state index in [0.29, 0.717) is 22.2 Å². The molecule has 0 unspecified atom stereocenters. The molecule has 2 saturated heterocycles. The molecule has 0 aliphatic carbocycles. The zero-order valence-electron chi connectivity index (χ0n) is 18.4. The van der Waals surface area contributed by atoms with Crippen molar-refractivity contribution < 1.29 is 9.59 Å². The lowest BCUT2D eigenvalue weighted by molar-refractivity contribution is -0.136. The molecular weight excluding hydrogens is 400 g/mol. The maximum absolute atomic E-state index is 13.2. The number of halogens is 1. The number of nitrogens with one attached hydrogen (secondary N) is 1. The van der Waals surface area contributed by atoms with Crippen LogP contribution >= 0.6 is 11.6 Å². The highest BCUT2D eigenvalue weighted by Crippen LogP contribution is 2.32. The van der Waals surface area contributed by atoms with Crippen molar-refractivity contribution in [3.8, 4) is 0 Å². The smallest absolute Gasteiger partial charge is 0.252 e. The van der Waals surface area contributed by atoms with Crippen LogP contribution in [0.3, 0.4) is 0 Å². The van der Waals surface area contributed by atoms with Gasteiger partial charge in [0.2, 0.25) is 5.91 Å². The van der Waals surface area contributed by atoms with E-state index in [1.165, 1.54) is 25.9 Å². The second-order valence-corrected chi connectivity index (χ2v) is 9.64. The Hall–Kier alpha value is -1.79. The Morgan fingerprint density at radius 1 is 1.07 bits per heavy atom. The highest BCUT2D eigenvalue weighted by molar-refractivity contribution is 6.33. The van der Waals surface area contributed by atoms with E-state index >= 15 is 0 Å². The fourth-order valence-electron chi connectivity index (χ4n) is 4.71. The Morgan fingerprint density at radius 2 is 1.63 bits per heavy atom. The van der Waals surface area contributed by atoms with Crippen molar-refractivity contribution in [2.45, 2.75) is 45.6 Å². The van der Waals surface area contributed by atoms with Gasteiger partial charge in [-0.1, -0.05) is 25.4 Å². The normalized spacial score (nSPS) is 20.4. The van der Waals surface area contributed by atoms with Crippen molar-refractivity contribution in [3.63, 3.8) is 0 Å². The van der Waals surface area contributed by atoms with Gasteiger partial charge in [0.1, 0.15) is 6.04 Å². The minimum absolute atomic E-state index is 0.00213. The van der Waals surface area contributed by atoms with E-state index in [0.717, 1.165) is 31.8 Å². The predicted molar refractivity (Wildman–Crippen MR) is 121 cm³/mol. The lowest BCUT2D eigenvalue weighted by Crippen LogP contribution is -2.53. The molecule has 2 amide bonds. The number of hydrogen-bond acceptors (Lipinski definition) is 4. The number of carbonyl (C=O) groups is 2. The molecule has 7 heteroatoms. The Kier molecular flexibility index (Phi) is 7.64. The van der Waals surface area contributed by atoms with Gasteiger partial charge in [-0.25, -0.2) is 0 Å². The van der Waals surface area contributed by atoms with Crippen LogP contribution < -0.4 is 11.1 Å². The number of benzene rings is 1. The summed E-state index contributed by atoms with van der Waals surface area (Å²) < 4.78 is 0. The molecule has 1 aromatic rings. The second-order valence-electron chi connectivity index (χ2n) is 9.23. The van der Waals surface area contributed by atoms with Gasteiger partial charge >= 0.3 is 0 Å². The number of hydrogen-bond donors (Lipinski definition) is 2. The number of piperidine rings is 2. The van der Waals surface area contributed by atoms with Gasteiger partial charge < -0.3 is 20.9 Å². The largest absolute Gasteiger partial charge is 0.398 e. The summed E-state index contributed by atoms with van der Waals surface area (Å²) in [6.07, 6.45) is 4.66. The van der Waals surface area contributed by atoms with E-state index in [1.807, 2.05) is 18.7 Å². The highest BCUT2D eigenvalue weighted by atomic mass is 35.5. The van der Waals surface area contributed by atoms with Crippen LogP contribution in [0, 0.1) is 17.8 Å². The number of amides is 2. The third kappa shape index (κ3) is 5.46. The number of carbonyl (C=O) groups excluding carboxylic acids is 2. The number of nitrogen functional groups attached to an aromatic ring is 1. The minimum Gasteiger partial charge on any atom is -0.398 e. The molecule has 0 bridgehead atoms. The lowest BCUT2D eigenvalue weighted by Gasteiger charge is -2.40. The van der Waals surface area contributed by atoms with Crippen LogP contribution in [-0.4, -0.2) is 60.9 Å².